The molecule has 0 aliphatic carbocycles. The van der Waals surface area contributed by atoms with Gasteiger partial charge < -0.3 is 29.5 Å². The minimum absolute atomic E-state index is 0.0537. The van der Waals surface area contributed by atoms with Crippen molar-refractivity contribution in [3.05, 3.63) is 69.8 Å². The average Bonchev–Trinajstić information content (AvgIpc) is 3.21. The third-order valence-electron chi connectivity index (χ3n) is 5.15. The highest BCUT2D eigenvalue weighted by atomic mass is 16.6. The number of aliphatic hydroxyl groups excluding tert-OH is 1. The minimum atomic E-state index is -0.721. The Bertz CT molecular complexity index is 965. The lowest BCUT2D eigenvalue weighted by molar-refractivity contribution is -0.384. The molecule has 3 rings (SSSR count). The summed E-state index contributed by atoms with van der Waals surface area (Å²) in [5.74, 6) is 0.694. The van der Waals surface area contributed by atoms with Gasteiger partial charge in [-0.1, -0.05) is 12.1 Å². The van der Waals surface area contributed by atoms with Crippen molar-refractivity contribution in [1.82, 2.24) is 10.2 Å². The first-order chi connectivity index (χ1) is 15.9. The summed E-state index contributed by atoms with van der Waals surface area (Å²) < 4.78 is 15.5. The Morgan fingerprint density at radius 1 is 1.09 bits per heavy atom. The van der Waals surface area contributed by atoms with E-state index in [1.165, 1.54) is 29.2 Å². The van der Waals surface area contributed by atoms with Crippen LogP contribution in [-0.2, 0) is 22.7 Å². The van der Waals surface area contributed by atoms with E-state index in [0.717, 1.165) is 5.56 Å². The van der Waals surface area contributed by atoms with E-state index in [1.807, 2.05) is 0 Å². The molecule has 2 aromatic carbocycles. The molecule has 1 fully saturated rings. The monoisotopic (exact) mass is 459 g/mol. The number of nitrogens with zero attached hydrogens (tertiary/aromatic N) is 2. The number of benzene rings is 2. The van der Waals surface area contributed by atoms with Gasteiger partial charge in [-0.2, -0.15) is 0 Å². The molecule has 0 bridgehead atoms. The molecular weight excluding hydrogens is 434 g/mol. The number of amides is 2. The molecule has 0 unspecified atom stereocenters. The van der Waals surface area contributed by atoms with Crippen molar-refractivity contribution in [2.24, 2.45) is 0 Å². The Morgan fingerprint density at radius 3 is 2.30 bits per heavy atom. The average molecular weight is 459 g/mol. The molecule has 33 heavy (non-hydrogen) atoms. The van der Waals surface area contributed by atoms with E-state index >= 15 is 0 Å². The van der Waals surface area contributed by atoms with Gasteiger partial charge in [-0.25, -0.2) is 9.59 Å². The second-order valence-corrected chi connectivity index (χ2v) is 7.48. The Kier molecular flexibility index (Phi) is 8.03. The molecule has 0 saturated carbocycles. The van der Waals surface area contributed by atoms with Crippen molar-refractivity contribution in [1.29, 1.82) is 0 Å². The summed E-state index contributed by atoms with van der Waals surface area (Å²) >= 11 is 0. The van der Waals surface area contributed by atoms with Crippen LogP contribution in [0.4, 0.5) is 15.3 Å². The molecule has 11 nitrogen and oxygen atoms in total. The summed E-state index contributed by atoms with van der Waals surface area (Å²) in [6.45, 7) is 0.178. The van der Waals surface area contributed by atoms with Gasteiger partial charge in [0.2, 0.25) is 0 Å². The number of nitrogens with one attached hydrogen (secondary N) is 1. The van der Waals surface area contributed by atoms with Crippen molar-refractivity contribution in [2.75, 3.05) is 20.2 Å². The summed E-state index contributed by atoms with van der Waals surface area (Å²) in [7, 11) is 1.56. The third-order valence-corrected chi connectivity index (χ3v) is 5.15. The second kappa shape index (κ2) is 11.1. The largest absolute Gasteiger partial charge is 0.497 e. The molecule has 1 aliphatic rings. The quantitative estimate of drug-likeness (QED) is 0.453. The number of carbonyl (C=O) groups excluding carboxylic acids is 2. The maximum atomic E-state index is 12.5. The molecule has 1 heterocycles. The number of aliphatic hydroxyl groups is 1. The predicted molar refractivity (Wildman–Crippen MR) is 116 cm³/mol. The highest BCUT2D eigenvalue weighted by Gasteiger charge is 2.35. The molecule has 2 N–H and O–H groups in total. The van der Waals surface area contributed by atoms with Crippen LogP contribution in [0.5, 0.6) is 5.75 Å². The molecule has 0 aromatic heterocycles. The first-order valence-corrected chi connectivity index (χ1v) is 10.2. The fourth-order valence-corrected chi connectivity index (χ4v) is 3.37. The smallest absolute Gasteiger partial charge is 0.410 e. The number of ether oxygens (including phenoxy) is 3. The van der Waals surface area contributed by atoms with Crippen LogP contribution in [0.15, 0.2) is 48.5 Å². The number of hydrogen-bond acceptors (Lipinski definition) is 8. The van der Waals surface area contributed by atoms with Crippen LogP contribution in [0.2, 0.25) is 0 Å². The number of β-amino-alcohol motifs (C(OH)–C–C–N with tert-alkyl or cyclic N) is 1. The number of carbonyl (C=O) groups is 2. The van der Waals surface area contributed by atoms with Gasteiger partial charge in [0, 0.05) is 18.7 Å². The van der Waals surface area contributed by atoms with Crippen molar-refractivity contribution < 1.29 is 33.8 Å². The number of rotatable bonds is 8. The second-order valence-electron chi connectivity index (χ2n) is 7.48. The van der Waals surface area contributed by atoms with E-state index < -0.39 is 29.3 Å². The Morgan fingerprint density at radius 2 is 1.70 bits per heavy atom. The number of alkyl carbamates (subject to hydrolysis) is 1. The summed E-state index contributed by atoms with van der Waals surface area (Å²) in [6.07, 6.45) is -1.73. The van der Waals surface area contributed by atoms with Crippen LogP contribution in [0.1, 0.15) is 17.5 Å². The standard InChI is InChI=1S/C22H25N3O8/c1-31-20-8-4-16(5-9-20)14-33-22(28)24-12-19(26)10-18(24)11-23-21(27)32-13-15-2-6-17(7-3-15)25(29)30/h2-9,18-19,26H,10-14H2,1H3,(H,23,27)/t18-,19+/m0/s1. The molecule has 2 aromatic rings. The Hall–Kier alpha value is -3.86. The molecule has 0 radical (unpaired) electrons. The predicted octanol–water partition coefficient (Wildman–Crippen LogP) is 2.60. The number of nitro benzene ring substituents is 1. The summed E-state index contributed by atoms with van der Waals surface area (Å²) in [4.78, 5) is 36.1. The van der Waals surface area contributed by atoms with E-state index in [1.54, 1.807) is 31.4 Å². The molecule has 11 heteroatoms. The van der Waals surface area contributed by atoms with Gasteiger partial charge in [-0.15, -0.1) is 0 Å². The van der Waals surface area contributed by atoms with Gasteiger partial charge in [-0.3, -0.25) is 10.1 Å². The Labute approximate surface area is 190 Å². The minimum Gasteiger partial charge on any atom is -0.497 e. The number of hydrogen-bond donors (Lipinski definition) is 2. The van der Waals surface area contributed by atoms with E-state index in [9.17, 15) is 24.8 Å². The normalized spacial score (nSPS) is 17.3. The van der Waals surface area contributed by atoms with Crippen LogP contribution in [-0.4, -0.2) is 59.5 Å². The van der Waals surface area contributed by atoms with Gasteiger partial charge in [0.15, 0.2) is 0 Å². The van der Waals surface area contributed by atoms with Crippen molar-refractivity contribution in [2.45, 2.75) is 31.8 Å². The lowest BCUT2D eigenvalue weighted by atomic mass is 10.2. The number of non-ortho nitro benzene ring substituents is 1. The summed E-state index contributed by atoms with van der Waals surface area (Å²) in [5, 5.41) is 23.2. The van der Waals surface area contributed by atoms with Crippen molar-refractivity contribution in [3.8, 4) is 5.75 Å². The summed E-state index contributed by atoms with van der Waals surface area (Å²) in [6, 6.07) is 12.3. The zero-order valence-corrected chi connectivity index (χ0v) is 18.0. The highest BCUT2D eigenvalue weighted by molar-refractivity contribution is 5.69. The van der Waals surface area contributed by atoms with Gasteiger partial charge in [0.05, 0.1) is 30.7 Å². The molecule has 2 amide bonds. The maximum Gasteiger partial charge on any atom is 0.410 e. The first-order valence-electron chi connectivity index (χ1n) is 10.2. The van der Waals surface area contributed by atoms with Crippen LogP contribution in [0.25, 0.3) is 0 Å². The van der Waals surface area contributed by atoms with Crippen LogP contribution in [0.3, 0.4) is 0 Å². The molecule has 2 atom stereocenters. The zero-order chi connectivity index (χ0) is 23.8. The number of likely N-dealkylation sites (tertiary alicyclic amines) is 1. The zero-order valence-electron chi connectivity index (χ0n) is 18.0. The lowest BCUT2D eigenvalue weighted by Crippen LogP contribution is -2.43. The first kappa shape index (κ1) is 23.8. The number of methoxy groups -OCH3 is 1. The fourth-order valence-electron chi connectivity index (χ4n) is 3.37. The summed E-state index contributed by atoms with van der Waals surface area (Å²) in [5.41, 5.74) is 1.33. The fraction of sp³-hybridized carbons (Fsp3) is 0.364. The van der Waals surface area contributed by atoms with Gasteiger partial charge in [-0.05, 0) is 41.8 Å². The maximum absolute atomic E-state index is 12.5. The van der Waals surface area contributed by atoms with E-state index in [4.69, 9.17) is 14.2 Å². The lowest BCUT2D eigenvalue weighted by Gasteiger charge is -2.24. The van der Waals surface area contributed by atoms with Crippen LogP contribution >= 0.6 is 0 Å². The highest BCUT2D eigenvalue weighted by Crippen LogP contribution is 2.20. The van der Waals surface area contributed by atoms with Gasteiger partial charge >= 0.3 is 12.2 Å². The van der Waals surface area contributed by atoms with Crippen LogP contribution in [0, 0.1) is 10.1 Å². The molecule has 176 valence electrons. The van der Waals surface area contributed by atoms with E-state index in [-0.39, 0.29) is 32.0 Å². The molecule has 1 saturated heterocycles. The third kappa shape index (κ3) is 6.81. The number of nitro groups is 1. The van der Waals surface area contributed by atoms with Crippen LogP contribution < -0.4 is 10.1 Å². The molecule has 1 aliphatic heterocycles. The van der Waals surface area contributed by atoms with Gasteiger partial charge in [0.25, 0.3) is 5.69 Å². The molecule has 0 spiro atoms. The van der Waals surface area contributed by atoms with Crippen molar-refractivity contribution >= 4 is 17.9 Å². The topological polar surface area (TPSA) is 140 Å². The van der Waals surface area contributed by atoms with Crippen molar-refractivity contribution in [3.63, 3.8) is 0 Å². The SMILES string of the molecule is COc1ccc(COC(=O)N2C[C@H](O)C[C@H]2CNC(=O)OCc2ccc([N+](=O)[O-])cc2)cc1. The Balaban J connectivity index is 1.44. The van der Waals surface area contributed by atoms with Gasteiger partial charge in [0.1, 0.15) is 19.0 Å². The molecular formula is C22H25N3O8. The van der Waals surface area contributed by atoms with E-state index in [0.29, 0.717) is 17.7 Å². The van der Waals surface area contributed by atoms with E-state index in [2.05, 4.69) is 5.32 Å².